The molecule has 4 rings (SSSR count). The summed E-state index contributed by atoms with van der Waals surface area (Å²) in [5, 5.41) is 0. The molecule has 0 aromatic heterocycles. The molecule has 4 aliphatic rings. The number of carbonyl (C=O) groups is 3. The van der Waals surface area contributed by atoms with Crippen molar-refractivity contribution < 1.29 is 19.1 Å². The van der Waals surface area contributed by atoms with Crippen LogP contribution in [0.25, 0.3) is 0 Å². The maximum absolute atomic E-state index is 13.3. The summed E-state index contributed by atoms with van der Waals surface area (Å²) in [4.78, 5) is 42.8. The molecule has 4 heterocycles. The van der Waals surface area contributed by atoms with Crippen molar-refractivity contribution in [3.8, 4) is 0 Å². The van der Waals surface area contributed by atoms with Crippen LogP contribution in [-0.4, -0.2) is 83.5 Å². The number of rotatable bonds is 2. The lowest BCUT2D eigenvalue weighted by atomic mass is 9.76. The molecule has 1 spiro atoms. The smallest absolute Gasteiger partial charge is 0.314 e. The lowest BCUT2D eigenvalue weighted by Gasteiger charge is -2.36. The van der Waals surface area contributed by atoms with Crippen molar-refractivity contribution in [1.29, 1.82) is 0 Å². The number of nitrogens with two attached hydrogens (primary N) is 1. The number of urea groups is 1. The van der Waals surface area contributed by atoms with Crippen LogP contribution >= 0.6 is 0 Å². The van der Waals surface area contributed by atoms with Crippen molar-refractivity contribution in [2.45, 2.75) is 32.5 Å². The van der Waals surface area contributed by atoms with Gasteiger partial charge in [-0.05, 0) is 5.41 Å². The number of carbonyl (C=O) groups excluding carboxylic acids is 3. The van der Waals surface area contributed by atoms with E-state index in [0.717, 1.165) is 0 Å². The van der Waals surface area contributed by atoms with E-state index >= 15 is 0 Å². The largest absolute Gasteiger partial charge is 0.360 e. The minimum Gasteiger partial charge on any atom is -0.360 e. The van der Waals surface area contributed by atoms with Gasteiger partial charge in [0.15, 0.2) is 0 Å². The molecule has 0 aromatic carbocycles. The van der Waals surface area contributed by atoms with Gasteiger partial charge in [-0.2, -0.15) is 0 Å². The van der Waals surface area contributed by atoms with Crippen molar-refractivity contribution in [2.24, 2.45) is 23.0 Å². The Labute approximate surface area is 159 Å². The van der Waals surface area contributed by atoms with Crippen LogP contribution in [0, 0.1) is 17.3 Å². The second-order valence-electron chi connectivity index (χ2n) is 9.31. The van der Waals surface area contributed by atoms with Crippen LogP contribution in [0.5, 0.6) is 0 Å². The Balaban J connectivity index is 1.51. The highest BCUT2D eigenvalue weighted by Crippen LogP contribution is 2.52. The van der Waals surface area contributed by atoms with Crippen LogP contribution in [0.2, 0.25) is 0 Å². The number of nitrogens with zero attached hydrogens (tertiary/aromatic N) is 3. The van der Waals surface area contributed by atoms with Gasteiger partial charge in [-0.25, -0.2) is 4.79 Å². The van der Waals surface area contributed by atoms with Gasteiger partial charge in [-0.3, -0.25) is 9.59 Å². The van der Waals surface area contributed by atoms with Gasteiger partial charge in [0.05, 0.1) is 24.5 Å². The van der Waals surface area contributed by atoms with E-state index in [1.54, 1.807) is 4.90 Å². The van der Waals surface area contributed by atoms with E-state index in [4.69, 9.17) is 10.5 Å². The Hall–Kier alpha value is -2.09. The maximum atomic E-state index is 13.3. The Morgan fingerprint density at radius 1 is 1.22 bits per heavy atom. The van der Waals surface area contributed by atoms with E-state index in [-0.39, 0.29) is 23.3 Å². The molecule has 0 radical (unpaired) electrons. The standard InChI is InChI=1S/C19H28N4O4/c1-18(2,3)10-23-11-19-5-4-12(27-19)13(14(19)16(23)25)15(24)21-6-8-22(9-7-21)17(20)26/h4-5,12-14H,6-11H2,1-3H3,(H2,20,26)/t12-,13-,14-,19-/m0/s1. The summed E-state index contributed by atoms with van der Waals surface area (Å²) in [6.45, 7) is 9.18. The molecule has 4 aliphatic heterocycles. The van der Waals surface area contributed by atoms with Crippen LogP contribution in [0.3, 0.4) is 0 Å². The summed E-state index contributed by atoms with van der Waals surface area (Å²) in [6.07, 6.45) is 3.59. The molecular weight excluding hydrogens is 348 g/mol. The van der Waals surface area contributed by atoms with Crippen molar-refractivity contribution in [1.82, 2.24) is 14.7 Å². The van der Waals surface area contributed by atoms with E-state index < -0.39 is 23.5 Å². The molecular formula is C19H28N4O4. The highest BCUT2D eigenvalue weighted by Gasteiger charge is 2.67. The highest BCUT2D eigenvalue weighted by atomic mass is 16.5. The molecule has 8 heteroatoms. The number of ether oxygens (including phenoxy) is 1. The molecule has 2 N–H and O–H groups in total. The number of primary amides is 1. The van der Waals surface area contributed by atoms with E-state index in [1.165, 1.54) is 4.90 Å². The van der Waals surface area contributed by atoms with E-state index in [9.17, 15) is 14.4 Å². The summed E-state index contributed by atoms with van der Waals surface area (Å²) in [7, 11) is 0. The summed E-state index contributed by atoms with van der Waals surface area (Å²) in [5.74, 6) is -0.957. The van der Waals surface area contributed by atoms with E-state index in [0.29, 0.717) is 39.3 Å². The van der Waals surface area contributed by atoms with Crippen molar-refractivity contribution in [3.63, 3.8) is 0 Å². The summed E-state index contributed by atoms with van der Waals surface area (Å²) in [5.41, 5.74) is 4.64. The fourth-order valence-electron chi connectivity index (χ4n) is 4.92. The zero-order valence-electron chi connectivity index (χ0n) is 16.2. The fourth-order valence-corrected chi connectivity index (χ4v) is 4.92. The van der Waals surface area contributed by atoms with Crippen LogP contribution in [-0.2, 0) is 14.3 Å². The molecule has 0 aliphatic carbocycles. The monoisotopic (exact) mass is 376 g/mol. The lowest BCUT2D eigenvalue weighted by Crippen LogP contribution is -2.55. The number of fused-ring (bicyclic) bond motifs is 1. The topological polar surface area (TPSA) is 96.2 Å². The third-order valence-electron chi connectivity index (χ3n) is 6.03. The highest BCUT2D eigenvalue weighted by molar-refractivity contribution is 5.93. The predicted octanol–water partition coefficient (Wildman–Crippen LogP) is 0.0374. The number of hydrogen-bond acceptors (Lipinski definition) is 4. The molecule has 4 amide bonds. The first-order chi connectivity index (χ1) is 12.6. The van der Waals surface area contributed by atoms with Gasteiger partial charge in [0.2, 0.25) is 11.8 Å². The number of hydrogen-bond donors (Lipinski definition) is 1. The Kier molecular flexibility index (Phi) is 4.03. The minimum atomic E-state index is -0.664. The summed E-state index contributed by atoms with van der Waals surface area (Å²) < 4.78 is 6.18. The Morgan fingerprint density at radius 3 is 2.44 bits per heavy atom. The van der Waals surface area contributed by atoms with Crippen molar-refractivity contribution in [3.05, 3.63) is 12.2 Å². The van der Waals surface area contributed by atoms with Crippen LogP contribution in [0.1, 0.15) is 20.8 Å². The van der Waals surface area contributed by atoms with Crippen LogP contribution < -0.4 is 5.73 Å². The average molecular weight is 376 g/mol. The molecule has 0 saturated carbocycles. The number of likely N-dealkylation sites (tertiary alicyclic amines) is 1. The summed E-state index contributed by atoms with van der Waals surface area (Å²) in [6, 6.07) is -0.462. The SMILES string of the molecule is CC(C)(C)CN1C[C@]23C=C[C@H](O2)[C@H](C(=O)N2CCN(C(N)=O)CC2)[C@H]3C1=O. The van der Waals surface area contributed by atoms with Gasteiger partial charge in [0.1, 0.15) is 5.60 Å². The van der Waals surface area contributed by atoms with Gasteiger partial charge in [-0.15, -0.1) is 0 Å². The predicted molar refractivity (Wildman–Crippen MR) is 97.5 cm³/mol. The molecule has 8 nitrogen and oxygen atoms in total. The molecule has 4 atom stereocenters. The molecule has 27 heavy (non-hydrogen) atoms. The number of amides is 4. The lowest BCUT2D eigenvalue weighted by molar-refractivity contribution is -0.144. The molecule has 3 fully saturated rings. The van der Waals surface area contributed by atoms with Gasteiger partial charge < -0.3 is 25.2 Å². The van der Waals surface area contributed by atoms with Crippen LogP contribution in [0.15, 0.2) is 12.2 Å². The van der Waals surface area contributed by atoms with E-state index in [1.807, 2.05) is 17.1 Å². The van der Waals surface area contributed by atoms with Crippen molar-refractivity contribution >= 4 is 17.8 Å². The zero-order chi connectivity index (χ0) is 19.6. The third-order valence-corrected chi connectivity index (χ3v) is 6.03. The molecule has 3 saturated heterocycles. The molecule has 0 unspecified atom stereocenters. The van der Waals surface area contributed by atoms with E-state index in [2.05, 4.69) is 20.8 Å². The first kappa shape index (κ1) is 18.3. The van der Waals surface area contributed by atoms with Gasteiger partial charge in [-0.1, -0.05) is 32.9 Å². The molecule has 148 valence electrons. The van der Waals surface area contributed by atoms with Crippen molar-refractivity contribution in [2.75, 3.05) is 39.3 Å². The number of piperazine rings is 1. The Bertz CT molecular complexity index is 707. The summed E-state index contributed by atoms with van der Waals surface area (Å²) >= 11 is 0. The second-order valence-corrected chi connectivity index (χ2v) is 9.31. The first-order valence-electron chi connectivity index (χ1n) is 9.60. The van der Waals surface area contributed by atoms with Gasteiger partial charge in [0, 0.05) is 32.7 Å². The third kappa shape index (κ3) is 2.90. The second kappa shape index (κ2) is 5.95. The fraction of sp³-hybridized carbons (Fsp3) is 0.737. The minimum absolute atomic E-state index is 0.0166. The van der Waals surface area contributed by atoms with Crippen LogP contribution in [0.4, 0.5) is 4.79 Å². The zero-order valence-corrected chi connectivity index (χ0v) is 16.2. The quantitative estimate of drug-likeness (QED) is 0.688. The Morgan fingerprint density at radius 2 is 1.85 bits per heavy atom. The normalized spacial score (nSPS) is 35.1. The first-order valence-corrected chi connectivity index (χ1v) is 9.60. The van der Waals surface area contributed by atoms with Gasteiger partial charge >= 0.3 is 6.03 Å². The maximum Gasteiger partial charge on any atom is 0.314 e. The van der Waals surface area contributed by atoms with Gasteiger partial charge in [0.25, 0.3) is 0 Å². The molecule has 2 bridgehead atoms. The average Bonchev–Trinajstić information content (AvgIpc) is 3.21. The molecule has 0 aromatic rings.